The second-order valence-corrected chi connectivity index (χ2v) is 9.50. The van der Waals surface area contributed by atoms with Crippen LogP contribution in [0.4, 0.5) is 0 Å². The fourth-order valence-corrected chi connectivity index (χ4v) is 5.04. The smallest absolute Gasteiger partial charge is 0.130 e. The van der Waals surface area contributed by atoms with Crippen LogP contribution in [0.5, 0.6) is 5.75 Å². The van der Waals surface area contributed by atoms with Crippen LogP contribution in [0.1, 0.15) is 45.4 Å². The standard InChI is InChI=1S/C29H35NO3/c1-19-10-20(2)13-24(12-19)29(31,25-14-21(3)11-22(4)15-25)28-16-27(17-30-28)33-18-23-6-8-26(32-5)9-7-23/h6-15,27-28,30-31H,16-18H2,1-5H3/t27-,28-/m1/s1. The zero-order chi connectivity index (χ0) is 23.6. The summed E-state index contributed by atoms with van der Waals surface area (Å²) in [6.45, 7) is 9.58. The van der Waals surface area contributed by atoms with Crippen LogP contribution in [0.25, 0.3) is 0 Å². The van der Waals surface area contributed by atoms with Gasteiger partial charge in [-0.25, -0.2) is 0 Å². The lowest BCUT2D eigenvalue weighted by atomic mass is 9.77. The second-order valence-electron chi connectivity index (χ2n) is 9.50. The summed E-state index contributed by atoms with van der Waals surface area (Å²) in [5.41, 5.74) is 6.42. The molecule has 0 bridgehead atoms. The van der Waals surface area contributed by atoms with Crippen molar-refractivity contribution in [3.05, 3.63) is 99.6 Å². The lowest BCUT2D eigenvalue weighted by molar-refractivity contribution is 0.0228. The molecule has 3 aromatic rings. The SMILES string of the molecule is COc1ccc(CO[C@H]2CN[C@@H](C(O)(c3cc(C)cc(C)c3)c3cc(C)cc(C)c3)C2)cc1. The van der Waals surface area contributed by atoms with E-state index in [0.717, 1.165) is 51.1 Å². The summed E-state index contributed by atoms with van der Waals surface area (Å²) in [6, 6.07) is 20.5. The quantitative estimate of drug-likeness (QED) is 0.531. The summed E-state index contributed by atoms with van der Waals surface area (Å²) in [4.78, 5) is 0. The molecular formula is C29H35NO3. The first-order chi connectivity index (χ1) is 15.8. The Balaban J connectivity index is 1.59. The molecule has 2 atom stereocenters. The van der Waals surface area contributed by atoms with Gasteiger partial charge in [0.25, 0.3) is 0 Å². The van der Waals surface area contributed by atoms with Gasteiger partial charge in [0.15, 0.2) is 0 Å². The molecule has 4 nitrogen and oxygen atoms in total. The summed E-state index contributed by atoms with van der Waals surface area (Å²) < 4.78 is 11.5. The summed E-state index contributed by atoms with van der Waals surface area (Å²) in [5, 5.41) is 16.0. The fraction of sp³-hybridized carbons (Fsp3) is 0.379. The average Bonchev–Trinajstić information content (AvgIpc) is 3.25. The molecule has 0 spiro atoms. The third-order valence-corrected chi connectivity index (χ3v) is 6.56. The number of aryl methyl sites for hydroxylation is 4. The Morgan fingerprint density at radius 1 is 0.848 bits per heavy atom. The molecular weight excluding hydrogens is 410 g/mol. The van der Waals surface area contributed by atoms with Gasteiger partial charge in [0.05, 0.1) is 19.8 Å². The Hall–Kier alpha value is -2.66. The zero-order valence-corrected chi connectivity index (χ0v) is 20.3. The number of benzene rings is 3. The maximum atomic E-state index is 12.4. The third-order valence-electron chi connectivity index (χ3n) is 6.56. The molecule has 3 aromatic carbocycles. The first kappa shape index (κ1) is 23.5. The van der Waals surface area contributed by atoms with E-state index in [1.54, 1.807) is 7.11 Å². The van der Waals surface area contributed by atoms with Gasteiger partial charge in [0.2, 0.25) is 0 Å². The number of methoxy groups -OCH3 is 1. The summed E-state index contributed by atoms with van der Waals surface area (Å²) >= 11 is 0. The Morgan fingerprint density at radius 2 is 1.36 bits per heavy atom. The van der Waals surface area contributed by atoms with E-state index >= 15 is 0 Å². The molecule has 4 heteroatoms. The molecule has 1 heterocycles. The van der Waals surface area contributed by atoms with Crippen molar-refractivity contribution >= 4 is 0 Å². The van der Waals surface area contributed by atoms with E-state index in [1.807, 2.05) is 24.3 Å². The monoisotopic (exact) mass is 445 g/mol. The van der Waals surface area contributed by atoms with Crippen LogP contribution >= 0.6 is 0 Å². The van der Waals surface area contributed by atoms with Crippen LogP contribution in [0.2, 0.25) is 0 Å². The number of nitrogens with one attached hydrogen (secondary N) is 1. The van der Waals surface area contributed by atoms with E-state index < -0.39 is 5.60 Å². The molecule has 0 aliphatic carbocycles. The van der Waals surface area contributed by atoms with Crippen LogP contribution in [0, 0.1) is 27.7 Å². The highest BCUT2D eigenvalue weighted by atomic mass is 16.5. The van der Waals surface area contributed by atoms with Gasteiger partial charge >= 0.3 is 0 Å². The van der Waals surface area contributed by atoms with Crippen LogP contribution < -0.4 is 10.1 Å². The van der Waals surface area contributed by atoms with Gasteiger partial charge in [-0.15, -0.1) is 0 Å². The molecule has 0 unspecified atom stereocenters. The maximum absolute atomic E-state index is 12.4. The van der Waals surface area contributed by atoms with Crippen molar-refractivity contribution in [1.82, 2.24) is 5.32 Å². The van der Waals surface area contributed by atoms with Crippen molar-refractivity contribution < 1.29 is 14.6 Å². The normalized spacial score (nSPS) is 18.5. The molecule has 1 aliphatic heterocycles. The Labute approximate surface area is 197 Å². The highest BCUT2D eigenvalue weighted by Crippen LogP contribution is 2.39. The van der Waals surface area contributed by atoms with E-state index in [1.165, 1.54) is 0 Å². The Morgan fingerprint density at radius 3 is 1.85 bits per heavy atom. The molecule has 0 aromatic heterocycles. The van der Waals surface area contributed by atoms with Crippen molar-refractivity contribution in [2.75, 3.05) is 13.7 Å². The van der Waals surface area contributed by atoms with Gasteiger partial charge in [0.1, 0.15) is 11.4 Å². The average molecular weight is 446 g/mol. The van der Waals surface area contributed by atoms with Gasteiger partial charge in [-0.2, -0.15) is 0 Å². The largest absolute Gasteiger partial charge is 0.497 e. The number of hydrogen-bond donors (Lipinski definition) is 2. The fourth-order valence-electron chi connectivity index (χ4n) is 5.04. The van der Waals surface area contributed by atoms with Gasteiger partial charge in [-0.1, -0.05) is 70.8 Å². The number of hydrogen-bond acceptors (Lipinski definition) is 4. The van der Waals surface area contributed by atoms with Gasteiger partial charge < -0.3 is 19.9 Å². The molecule has 0 saturated carbocycles. The summed E-state index contributed by atoms with van der Waals surface area (Å²) in [5.74, 6) is 0.841. The van der Waals surface area contributed by atoms with Gasteiger partial charge in [-0.05, 0) is 62.9 Å². The minimum atomic E-state index is -1.15. The van der Waals surface area contributed by atoms with Crippen molar-refractivity contribution in [3.8, 4) is 5.75 Å². The van der Waals surface area contributed by atoms with E-state index in [2.05, 4.69) is 69.4 Å². The van der Waals surface area contributed by atoms with E-state index in [4.69, 9.17) is 9.47 Å². The molecule has 2 N–H and O–H groups in total. The molecule has 1 aliphatic rings. The number of ether oxygens (including phenoxy) is 2. The first-order valence-corrected chi connectivity index (χ1v) is 11.7. The van der Waals surface area contributed by atoms with Gasteiger partial charge in [-0.3, -0.25) is 0 Å². The van der Waals surface area contributed by atoms with Crippen LogP contribution in [0.3, 0.4) is 0 Å². The minimum absolute atomic E-state index is 0.0282. The van der Waals surface area contributed by atoms with E-state index in [-0.39, 0.29) is 12.1 Å². The van der Waals surface area contributed by atoms with E-state index in [0.29, 0.717) is 13.2 Å². The van der Waals surface area contributed by atoms with Crippen molar-refractivity contribution in [3.63, 3.8) is 0 Å². The number of aliphatic hydroxyl groups is 1. The van der Waals surface area contributed by atoms with E-state index in [9.17, 15) is 5.11 Å². The van der Waals surface area contributed by atoms with Crippen LogP contribution in [-0.2, 0) is 16.9 Å². The molecule has 1 saturated heterocycles. The first-order valence-electron chi connectivity index (χ1n) is 11.7. The Bertz CT molecular complexity index is 1010. The van der Waals surface area contributed by atoms with Crippen molar-refractivity contribution in [2.45, 2.75) is 58.5 Å². The van der Waals surface area contributed by atoms with Crippen molar-refractivity contribution in [1.29, 1.82) is 0 Å². The summed E-state index contributed by atoms with van der Waals surface area (Å²) in [6.07, 6.45) is 0.757. The Kier molecular flexibility index (Phi) is 6.89. The lowest BCUT2D eigenvalue weighted by Gasteiger charge is -2.36. The third kappa shape index (κ3) is 5.14. The summed E-state index contributed by atoms with van der Waals surface area (Å²) in [7, 11) is 1.67. The highest BCUT2D eigenvalue weighted by Gasteiger charge is 2.44. The molecule has 174 valence electrons. The minimum Gasteiger partial charge on any atom is -0.497 e. The molecule has 0 radical (unpaired) electrons. The van der Waals surface area contributed by atoms with Crippen LogP contribution in [-0.4, -0.2) is 30.9 Å². The van der Waals surface area contributed by atoms with Crippen LogP contribution in [0.15, 0.2) is 60.7 Å². The van der Waals surface area contributed by atoms with Crippen molar-refractivity contribution in [2.24, 2.45) is 0 Å². The molecule has 0 amide bonds. The zero-order valence-electron chi connectivity index (χ0n) is 20.3. The molecule has 1 fully saturated rings. The molecule has 33 heavy (non-hydrogen) atoms. The molecule has 4 rings (SSSR count). The second kappa shape index (κ2) is 9.68. The lowest BCUT2D eigenvalue weighted by Crippen LogP contribution is -2.46. The highest BCUT2D eigenvalue weighted by molar-refractivity contribution is 5.44. The topological polar surface area (TPSA) is 50.7 Å². The number of rotatable bonds is 7. The predicted octanol–water partition coefficient (Wildman–Crippen LogP) is 5.11. The predicted molar refractivity (Wildman–Crippen MR) is 133 cm³/mol. The van der Waals surface area contributed by atoms with Gasteiger partial charge in [0, 0.05) is 12.6 Å². The maximum Gasteiger partial charge on any atom is 0.130 e.